The van der Waals surface area contributed by atoms with Crippen LogP contribution in [-0.2, 0) is 6.54 Å². The average Bonchev–Trinajstić information content (AvgIpc) is 3.09. The summed E-state index contributed by atoms with van der Waals surface area (Å²) < 4.78 is 0. The van der Waals surface area contributed by atoms with Crippen molar-refractivity contribution in [3.05, 3.63) is 22.4 Å². The first kappa shape index (κ1) is 14.3. The van der Waals surface area contributed by atoms with E-state index in [0.29, 0.717) is 6.54 Å². The maximum Gasteiger partial charge on any atom is 0.315 e. The van der Waals surface area contributed by atoms with Gasteiger partial charge in [0.05, 0.1) is 6.54 Å². The lowest BCUT2D eigenvalue weighted by molar-refractivity contribution is 0.240. The molecule has 1 fully saturated rings. The van der Waals surface area contributed by atoms with Gasteiger partial charge in [0.25, 0.3) is 0 Å². The van der Waals surface area contributed by atoms with E-state index in [0.717, 1.165) is 13.0 Å². The van der Waals surface area contributed by atoms with Gasteiger partial charge in [-0.15, -0.1) is 11.3 Å². The van der Waals surface area contributed by atoms with Crippen molar-refractivity contribution in [3.8, 4) is 0 Å². The van der Waals surface area contributed by atoms with Gasteiger partial charge in [-0.25, -0.2) is 4.79 Å². The number of hydrogen-bond donors (Lipinski definition) is 2. The molecule has 4 nitrogen and oxygen atoms in total. The van der Waals surface area contributed by atoms with Gasteiger partial charge in [-0.1, -0.05) is 6.07 Å². The van der Waals surface area contributed by atoms with E-state index < -0.39 is 0 Å². The highest BCUT2D eigenvalue weighted by Gasteiger charge is 2.10. The van der Waals surface area contributed by atoms with Gasteiger partial charge in [-0.05, 0) is 56.8 Å². The van der Waals surface area contributed by atoms with Crippen molar-refractivity contribution in [1.29, 1.82) is 0 Å². The first-order valence-electron chi connectivity index (χ1n) is 7.11. The number of hydrogen-bond acceptors (Lipinski definition) is 3. The number of carbonyl (C=O) groups is 1. The molecule has 1 aromatic heterocycles. The van der Waals surface area contributed by atoms with Crippen LogP contribution in [0.15, 0.2) is 17.5 Å². The normalized spacial score (nSPS) is 15.6. The van der Waals surface area contributed by atoms with Crippen LogP contribution in [0.4, 0.5) is 4.79 Å². The minimum Gasteiger partial charge on any atom is -0.338 e. The van der Waals surface area contributed by atoms with E-state index in [-0.39, 0.29) is 6.03 Å². The number of unbranched alkanes of at least 4 members (excludes halogenated alkanes) is 1. The summed E-state index contributed by atoms with van der Waals surface area (Å²) in [6.07, 6.45) is 4.93. The van der Waals surface area contributed by atoms with Crippen LogP contribution in [0.1, 0.15) is 30.6 Å². The summed E-state index contributed by atoms with van der Waals surface area (Å²) in [5, 5.41) is 7.79. The van der Waals surface area contributed by atoms with Crippen LogP contribution in [-0.4, -0.2) is 37.1 Å². The smallest absolute Gasteiger partial charge is 0.315 e. The van der Waals surface area contributed by atoms with Crippen LogP contribution in [0.5, 0.6) is 0 Å². The van der Waals surface area contributed by atoms with E-state index in [1.165, 1.54) is 43.8 Å². The van der Waals surface area contributed by atoms with Gasteiger partial charge in [-0.2, -0.15) is 0 Å². The molecular weight excluding hydrogens is 258 g/mol. The predicted octanol–water partition coefficient (Wildman–Crippen LogP) is 2.42. The highest BCUT2D eigenvalue weighted by molar-refractivity contribution is 7.09. The summed E-state index contributed by atoms with van der Waals surface area (Å²) in [6, 6.07) is 3.97. The fraction of sp³-hybridized carbons (Fsp3) is 0.643. The Balaban J connectivity index is 1.45. The van der Waals surface area contributed by atoms with E-state index in [9.17, 15) is 4.79 Å². The monoisotopic (exact) mass is 281 g/mol. The maximum atomic E-state index is 11.5. The zero-order valence-corrected chi connectivity index (χ0v) is 12.2. The number of nitrogens with one attached hydrogen (secondary N) is 2. The second-order valence-electron chi connectivity index (χ2n) is 4.94. The molecule has 19 heavy (non-hydrogen) atoms. The molecule has 106 valence electrons. The lowest BCUT2D eigenvalue weighted by atomic mass is 10.3. The van der Waals surface area contributed by atoms with Gasteiger partial charge < -0.3 is 15.5 Å². The number of rotatable bonds is 7. The van der Waals surface area contributed by atoms with Gasteiger partial charge in [0, 0.05) is 11.4 Å². The molecule has 2 rings (SSSR count). The number of nitrogens with zero attached hydrogens (tertiary/aromatic N) is 1. The molecule has 2 N–H and O–H groups in total. The van der Waals surface area contributed by atoms with Crippen molar-refractivity contribution in [2.75, 3.05) is 26.2 Å². The molecular formula is C14H23N3OS. The predicted molar refractivity (Wildman–Crippen MR) is 79.5 cm³/mol. The van der Waals surface area contributed by atoms with E-state index in [1.807, 2.05) is 17.5 Å². The number of likely N-dealkylation sites (tertiary alicyclic amines) is 1. The lowest BCUT2D eigenvalue weighted by Crippen LogP contribution is -2.35. The molecule has 0 saturated carbocycles. The molecule has 1 aliphatic heterocycles. The van der Waals surface area contributed by atoms with Crippen molar-refractivity contribution in [2.24, 2.45) is 0 Å². The van der Waals surface area contributed by atoms with Crippen molar-refractivity contribution in [3.63, 3.8) is 0 Å². The third kappa shape index (κ3) is 5.61. The van der Waals surface area contributed by atoms with Gasteiger partial charge in [0.2, 0.25) is 0 Å². The summed E-state index contributed by atoms with van der Waals surface area (Å²) in [6.45, 7) is 5.09. The van der Waals surface area contributed by atoms with Crippen LogP contribution in [0.2, 0.25) is 0 Å². The molecule has 0 aliphatic carbocycles. The first-order chi connectivity index (χ1) is 9.34. The Labute approximate surface area is 119 Å². The zero-order valence-electron chi connectivity index (χ0n) is 11.4. The quantitative estimate of drug-likeness (QED) is 0.754. The molecule has 0 bridgehead atoms. The summed E-state index contributed by atoms with van der Waals surface area (Å²) in [4.78, 5) is 15.2. The number of amides is 2. The minimum atomic E-state index is -0.0606. The Kier molecular flexibility index (Phi) is 6.17. The second-order valence-corrected chi connectivity index (χ2v) is 5.98. The number of thiophene rings is 1. The molecule has 0 radical (unpaired) electrons. The topological polar surface area (TPSA) is 44.4 Å². The van der Waals surface area contributed by atoms with E-state index in [2.05, 4.69) is 15.5 Å². The molecule has 0 aromatic carbocycles. The van der Waals surface area contributed by atoms with E-state index in [1.54, 1.807) is 11.3 Å². The summed E-state index contributed by atoms with van der Waals surface area (Å²) in [7, 11) is 0. The molecule has 1 aliphatic rings. The fourth-order valence-corrected chi connectivity index (χ4v) is 2.96. The van der Waals surface area contributed by atoms with Crippen molar-refractivity contribution in [2.45, 2.75) is 32.2 Å². The van der Waals surface area contributed by atoms with Crippen LogP contribution >= 0.6 is 11.3 Å². The lowest BCUT2D eigenvalue weighted by Gasteiger charge is -2.14. The van der Waals surface area contributed by atoms with Crippen LogP contribution < -0.4 is 10.6 Å². The van der Waals surface area contributed by atoms with Crippen LogP contribution in [0.3, 0.4) is 0 Å². The molecule has 0 unspecified atom stereocenters. The summed E-state index contributed by atoms with van der Waals surface area (Å²) >= 11 is 1.66. The summed E-state index contributed by atoms with van der Waals surface area (Å²) in [5.74, 6) is 0. The molecule has 1 aromatic rings. The SMILES string of the molecule is O=C(NCCCCN1CCCC1)NCc1cccs1. The van der Waals surface area contributed by atoms with Crippen molar-refractivity contribution >= 4 is 17.4 Å². The first-order valence-corrected chi connectivity index (χ1v) is 7.99. The van der Waals surface area contributed by atoms with Crippen LogP contribution in [0, 0.1) is 0 Å². The highest BCUT2D eigenvalue weighted by atomic mass is 32.1. The largest absolute Gasteiger partial charge is 0.338 e. The maximum absolute atomic E-state index is 11.5. The van der Waals surface area contributed by atoms with Gasteiger partial charge >= 0.3 is 6.03 Å². The highest BCUT2D eigenvalue weighted by Crippen LogP contribution is 2.08. The van der Waals surface area contributed by atoms with Crippen LogP contribution in [0.25, 0.3) is 0 Å². The Bertz CT molecular complexity index is 361. The fourth-order valence-electron chi connectivity index (χ4n) is 2.31. The molecule has 1 saturated heterocycles. The van der Waals surface area contributed by atoms with Crippen molar-refractivity contribution < 1.29 is 4.79 Å². The standard InChI is InChI=1S/C14H23N3OS/c18-14(16-12-13-6-5-11-19-13)15-7-1-2-8-17-9-3-4-10-17/h5-6,11H,1-4,7-10,12H2,(H2,15,16,18). The Morgan fingerprint density at radius 1 is 1.26 bits per heavy atom. The molecule has 5 heteroatoms. The molecule has 2 amide bonds. The molecule has 0 atom stereocenters. The molecule has 0 spiro atoms. The Morgan fingerprint density at radius 2 is 2.11 bits per heavy atom. The number of carbonyl (C=O) groups excluding carboxylic acids is 1. The van der Waals surface area contributed by atoms with Crippen molar-refractivity contribution in [1.82, 2.24) is 15.5 Å². The van der Waals surface area contributed by atoms with Gasteiger partial charge in [-0.3, -0.25) is 0 Å². The second kappa shape index (κ2) is 8.17. The average molecular weight is 281 g/mol. The van der Waals surface area contributed by atoms with Gasteiger partial charge in [0.15, 0.2) is 0 Å². The van der Waals surface area contributed by atoms with E-state index >= 15 is 0 Å². The summed E-state index contributed by atoms with van der Waals surface area (Å²) in [5.41, 5.74) is 0. The zero-order chi connectivity index (χ0) is 13.3. The molecule has 2 heterocycles. The minimum absolute atomic E-state index is 0.0606. The van der Waals surface area contributed by atoms with Gasteiger partial charge in [0.1, 0.15) is 0 Å². The Morgan fingerprint density at radius 3 is 2.84 bits per heavy atom. The third-order valence-electron chi connectivity index (χ3n) is 3.39. The Hall–Kier alpha value is -1.07. The third-order valence-corrected chi connectivity index (χ3v) is 4.27. The van der Waals surface area contributed by atoms with E-state index in [4.69, 9.17) is 0 Å². The number of urea groups is 1.